The fourth-order valence-corrected chi connectivity index (χ4v) is 2.13. The van der Waals surface area contributed by atoms with Gasteiger partial charge in [0, 0.05) is 6.61 Å². The van der Waals surface area contributed by atoms with Crippen LogP contribution in [0.3, 0.4) is 0 Å². The maximum atomic E-state index is 10.9. The summed E-state index contributed by atoms with van der Waals surface area (Å²) >= 11 is 0. The molecule has 0 heterocycles. The Labute approximate surface area is 91.8 Å². The fraction of sp³-hybridized carbons (Fsp3) is 0.917. The lowest BCUT2D eigenvalue weighted by atomic mass is 10.1. The quantitative estimate of drug-likeness (QED) is 0.691. The molecule has 0 bridgehead atoms. The number of carbonyl (C=O) groups is 1. The molecule has 2 unspecified atom stereocenters. The molecule has 1 fully saturated rings. The molecule has 0 aliphatic heterocycles. The van der Waals surface area contributed by atoms with Crippen LogP contribution in [0.2, 0.25) is 0 Å². The van der Waals surface area contributed by atoms with Crippen LogP contribution in [0.5, 0.6) is 0 Å². The van der Waals surface area contributed by atoms with Crippen molar-refractivity contribution in [1.82, 2.24) is 0 Å². The van der Waals surface area contributed by atoms with E-state index in [0.717, 1.165) is 32.1 Å². The van der Waals surface area contributed by atoms with Crippen LogP contribution in [0.25, 0.3) is 0 Å². The molecule has 0 amide bonds. The first-order valence-corrected chi connectivity index (χ1v) is 5.95. The third-order valence-corrected chi connectivity index (χ3v) is 3.03. The Bertz CT molecular complexity index is 201. The third-order valence-electron chi connectivity index (χ3n) is 3.03. The van der Waals surface area contributed by atoms with Crippen LogP contribution < -0.4 is 0 Å². The Kier molecular flexibility index (Phi) is 5.09. The van der Waals surface area contributed by atoms with Crippen molar-refractivity contribution in [3.05, 3.63) is 0 Å². The zero-order chi connectivity index (χ0) is 11.3. The summed E-state index contributed by atoms with van der Waals surface area (Å²) < 4.78 is 5.65. The molecule has 1 N–H and O–H groups in total. The average molecular weight is 214 g/mol. The van der Waals surface area contributed by atoms with Crippen molar-refractivity contribution in [2.75, 3.05) is 6.61 Å². The highest BCUT2D eigenvalue weighted by Gasteiger charge is 2.33. The first-order valence-electron chi connectivity index (χ1n) is 5.95. The number of ether oxygens (including phenoxy) is 1. The van der Waals surface area contributed by atoms with Gasteiger partial charge < -0.3 is 9.84 Å². The van der Waals surface area contributed by atoms with Crippen LogP contribution in [-0.4, -0.2) is 23.8 Å². The zero-order valence-corrected chi connectivity index (χ0v) is 9.74. The van der Waals surface area contributed by atoms with Crippen molar-refractivity contribution in [2.45, 2.75) is 52.1 Å². The molecule has 3 nitrogen and oxygen atoms in total. The van der Waals surface area contributed by atoms with E-state index < -0.39 is 5.97 Å². The molecule has 1 saturated carbocycles. The van der Waals surface area contributed by atoms with Gasteiger partial charge in [-0.1, -0.05) is 13.8 Å². The van der Waals surface area contributed by atoms with E-state index in [0.29, 0.717) is 12.5 Å². The fourth-order valence-electron chi connectivity index (χ4n) is 2.13. The van der Waals surface area contributed by atoms with E-state index in [1.165, 1.54) is 0 Å². The second-order valence-electron chi connectivity index (χ2n) is 4.82. The molecule has 0 aromatic heterocycles. The van der Waals surface area contributed by atoms with Crippen LogP contribution in [-0.2, 0) is 9.53 Å². The average Bonchev–Trinajstić information content (AvgIpc) is 2.60. The lowest BCUT2D eigenvalue weighted by Gasteiger charge is -2.16. The summed E-state index contributed by atoms with van der Waals surface area (Å²) in [6.45, 7) is 5.10. The minimum atomic E-state index is -0.693. The summed E-state index contributed by atoms with van der Waals surface area (Å²) in [5, 5.41) is 8.95. The van der Waals surface area contributed by atoms with Gasteiger partial charge in [0.15, 0.2) is 0 Å². The van der Waals surface area contributed by atoms with Crippen LogP contribution >= 0.6 is 0 Å². The first-order chi connectivity index (χ1) is 7.11. The van der Waals surface area contributed by atoms with Crippen molar-refractivity contribution in [2.24, 2.45) is 11.8 Å². The second-order valence-corrected chi connectivity index (χ2v) is 4.82. The van der Waals surface area contributed by atoms with E-state index in [2.05, 4.69) is 13.8 Å². The predicted molar refractivity (Wildman–Crippen MR) is 58.8 cm³/mol. The van der Waals surface area contributed by atoms with Gasteiger partial charge in [-0.3, -0.25) is 4.79 Å². The maximum absolute atomic E-state index is 10.9. The summed E-state index contributed by atoms with van der Waals surface area (Å²) in [6.07, 6.45) is 4.86. The highest BCUT2D eigenvalue weighted by molar-refractivity contribution is 5.71. The maximum Gasteiger partial charge on any atom is 0.309 e. The van der Waals surface area contributed by atoms with Gasteiger partial charge in [0.2, 0.25) is 0 Å². The van der Waals surface area contributed by atoms with Crippen LogP contribution in [0.4, 0.5) is 0 Å². The Morgan fingerprint density at radius 1 is 1.47 bits per heavy atom. The molecule has 15 heavy (non-hydrogen) atoms. The summed E-state index contributed by atoms with van der Waals surface area (Å²) in [7, 11) is 0. The van der Waals surface area contributed by atoms with E-state index in [9.17, 15) is 4.79 Å². The Morgan fingerprint density at radius 2 is 2.20 bits per heavy atom. The van der Waals surface area contributed by atoms with Crippen molar-refractivity contribution in [1.29, 1.82) is 0 Å². The molecule has 3 heteroatoms. The van der Waals surface area contributed by atoms with E-state index in [-0.39, 0.29) is 12.0 Å². The standard InChI is InChI=1S/C12H22O3/c1-9(2)5-4-8-15-11-7-3-6-10(11)12(13)14/h9-11H,3-8H2,1-2H3,(H,13,14). The molecular weight excluding hydrogens is 192 g/mol. The van der Waals surface area contributed by atoms with Crippen molar-refractivity contribution in [3.63, 3.8) is 0 Å². The Balaban J connectivity index is 2.17. The molecule has 88 valence electrons. The molecule has 0 radical (unpaired) electrons. The number of carboxylic acid groups (broad SMARTS) is 1. The van der Waals surface area contributed by atoms with Gasteiger partial charge in [0.1, 0.15) is 0 Å². The van der Waals surface area contributed by atoms with Gasteiger partial charge in [0.05, 0.1) is 12.0 Å². The summed E-state index contributed by atoms with van der Waals surface area (Å²) in [4.78, 5) is 10.9. The van der Waals surface area contributed by atoms with Gasteiger partial charge in [-0.05, 0) is 38.0 Å². The first kappa shape index (κ1) is 12.5. The molecule has 1 aliphatic carbocycles. The minimum absolute atomic E-state index is 0.0327. The molecule has 0 saturated heterocycles. The van der Waals surface area contributed by atoms with E-state index in [4.69, 9.17) is 9.84 Å². The van der Waals surface area contributed by atoms with Gasteiger partial charge in [0.25, 0.3) is 0 Å². The summed E-state index contributed by atoms with van der Waals surface area (Å²) in [6, 6.07) is 0. The van der Waals surface area contributed by atoms with E-state index >= 15 is 0 Å². The Hall–Kier alpha value is -0.570. The molecule has 0 aromatic carbocycles. The van der Waals surface area contributed by atoms with Gasteiger partial charge in [-0.15, -0.1) is 0 Å². The topological polar surface area (TPSA) is 46.5 Å². The lowest BCUT2D eigenvalue weighted by Crippen LogP contribution is -2.25. The zero-order valence-electron chi connectivity index (χ0n) is 9.74. The van der Waals surface area contributed by atoms with Crippen molar-refractivity contribution < 1.29 is 14.6 Å². The van der Waals surface area contributed by atoms with Gasteiger partial charge in [-0.25, -0.2) is 0 Å². The largest absolute Gasteiger partial charge is 0.481 e. The van der Waals surface area contributed by atoms with Crippen LogP contribution in [0, 0.1) is 11.8 Å². The van der Waals surface area contributed by atoms with Gasteiger partial charge in [-0.2, -0.15) is 0 Å². The number of aliphatic carboxylic acids is 1. The summed E-state index contributed by atoms with van der Waals surface area (Å²) in [5.74, 6) is -0.252. The predicted octanol–water partition coefficient (Wildman–Crippen LogP) is 2.69. The van der Waals surface area contributed by atoms with Crippen molar-refractivity contribution >= 4 is 5.97 Å². The van der Waals surface area contributed by atoms with Crippen LogP contribution in [0.1, 0.15) is 46.0 Å². The number of hydrogen-bond donors (Lipinski definition) is 1. The highest BCUT2D eigenvalue weighted by Crippen LogP contribution is 2.28. The van der Waals surface area contributed by atoms with E-state index in [1.54, 1.807) is 0 Å². The smallest absolute Gasteiger partial charge is 0.309 e. The Morgan fingerprint density at radius 3 is 2.80 bits per heavy atom. The van der Waals surface area contributed by atoms with Crippen LogP contribution in [0.15, 0.2) is 0 Å². The SMILES string of the molecule is CC(C)CCCOC1CCCC1C(=O)O. The number of hydrogen-bond acceptors (Lipinski definition) is 2. The lowest BCUT2D eigenvalue weighted by molar-refractivity contribution is -0.146. The number of rotatable bonds is 6. The number of carboxylic acids is 1. The highest BCUT2D eigenvalue weighted by atomic mass is 16.5. The third kappa shape index (κ3) is 4.20. The molecule has 2 atom stereocenters. The molecule has 1 rings (SSSR count). The van der Waals surface area contributed by atoms with Crippen molar-refractivity contribution in [3.8, 4) is 0 Å². The monoisotopic (exact) mass is 214 g/mol. The molecule has 1 aliphatic rings. The minimum Gasteiger partial charge on any atom is -0.481 e. The molecule has 0 spiro atoms. The molecular formula is C12H22O3. The second kappa shape index (κ2) is 6.11. The summed E-state index contributed by atoms with van der Waals surface area (Å²) in [5.41, 5.74) is 0. The molecule has 0 aromatic rings. The normalized spacial score (nSPS) is 26.1. The van der Waals surface area contributed by atoms with Gasteiger partial charge >= 0.3 is 5.97 Å². The van der Waals surface area contributed by atoms with E-state index in [1.807, 2.05) is 0 Å².